The minimum absolute atomic E-state index is 0.0749. The Bertz CT molecular complexity index is 1050. The number of para-hydroxylation sites is 1. The Morgan fingerprint density at radius 2 is 1.81 bits per heavy atom. The summed E-state index contributed by atoms with van der Waals surface area (Å²) in [7, 11) is 0. The third-order valence-electron chi connectivity index (χ3n) is 5.74. The summed E-state index contributed by atoms with van der Waals surface area (Å²) in [6.07, 6.45) is 2.09. The summed E-state index contributed by atoms with van der Waals surface area (Å²) in [6.45, 7) is 4.33. The van der Waals surface area contributed by atoms with Crippen LogP contribution in [0, 0.1) is 0 Å². The summed E-state index contributed by atoms with van der Waals surface area (Å²) in [5.41, 5.74) is 4.64. The molecule has 5 heteroatoms. The van der Waals surface area contributed by atoms with Crippen LogP contribution in [0.25, 0.3) is 0 Å². The second-order valence-electron chi connectivity index (χ2n) is 7.80. The van der Waals surface area contributed by atoms with E-state index in [1.54, 1.807) is 6.92 Å². The first kappa shape index (κ1) is 20.9. The molecule has 0 spiro atoms. The number of carbonyl (C=O) groups excluding carboxylic acids is 2. The van der Waals surface area contributed by atoms with Crippen molar-refractivity contribution in [3.63, 3.8) is 0 Å². The molecule has 1 aliphatic carbocycles. The van der Waals surface area contributed by atoms with Crippen LogP contribution in [0.2, 0.25) is 0 Å². The van der Waals surface area contributed by atoms with Gasteiger partial charge in [-0.2, -0.15) is 0 Å². The van der Waals surface area contributed by atoms with E-state index in [9.17, 15) is 9.59 Å². The Morgan fingerprint density at radius 1 is 1.06 bits per heavy atom. The molecule has 0 radical (unpaired) electrons. The van der Waals surface area contributed by atoms with Gasteiger partial charge in [0.25, 0.3) is 0 Å². The van der Waals surface area contributed by atoms with E-state index in [1.165, 1.54) is 0 Å². The molecule has 2 aromatic rings. The van der Waals surface area contributed by atoms with Crippen LogP contribution >= 0.6 is 0 Å². The number of esters is 1. The predicted molar refractivity (Wildman–Crippen MR) is 118 cm³/mol. The normalized spacial score (nSPS) is 18.4. The average molecular weight is 418 g/mol. The summed E-state index contributed by atoms with van der Waals surface area (Å²) < 4.78 is 11.6. The molecule has 0 aromatic heterocycles. The van der Waals surface area contributed by atoms with Crippen LogP contribution in [-0.4, -0.2) is 18.4 Å². The van der Waals surface area contributed by atoms with Gasteiger partial charge in [0, 0.05) is 29.0 Å². The lowest BCUT2D eigenvalue weighted by Crippen LogP contribution is -2.34. The minimum atomic E-state index is -0.505. The summed E-state index contributed by atoms with van der Waals surface area (Å²) in [5, 5.41) is 3.31. The highest BCUT2D eigenvalue weighted by Crippen LogP contribution is 2.45. The van der Waals surface area contributed by atoms with Gasteiger partial charge in [-0.3, -0.25) is 4.79 Å². The van der Waals surface area contributed by atoms with Gasteiger partial charge in [-0.05, 0) is 38.3 Å². The van der Waals surface area contributed by atoms with Crippen molar-refractivity contribution in [2.45, 2.75) is 45.6 Å². The van der Waals surface area contributed by atoms with Gasteiger partial charge < -0.3 is 14.8 Å². The van der Waals surface area contributed by atoms with Crippen molar-refractivity contribution in [1.82, 2.24) is 5.32 Å². The third-order valence-corrected chi connectivity index (χ3v) is 5.74. The first-order chi connectivity index (χ1) is 15.1. The molecule has 1 N–H and O–H groups in total. The van der Waals surface area contributed by atoms with E-state index in [-0.39, 0.29) is 12.4 Å². The molecule has 5 nitrogen and oxygen atoms in total. The average Bonchev–Trinajstić information content (AvgIpc) is 2.78. The highest BCUT2D eigenvalue weighted by Gasteiger charge is 2.40. The Labute approximate surface area is 182 Å². The molecule has 31 heavy (non-hydrogen) atoms. The summed E-state index contributed by atoms with van der Waals surface area (Å²) in [6, 6.07) is 17.6. The smallest absolute Gasteiger partial charge is 0.336 e. The maximum absolute atomic E-state index is 13.0. The van der Waals surface area contributed by atoms with Gasteiger partial charge in [0.1, 0.15) is 12.4 Å². The molecule has 160 valence electrons. The summed E-state index contributed by atoms with van der Waals surface area (Å²) >= 11 is 0. The molecular formula is C26H27NO4. The Morgan fingerprint density at radius 3 is 2.58 bits per heavy atom. The number of hydrogen-bond acceptors (Lipinski definition) is 5. The number of benzene rings is 2. The van der Waals surface area contributed by atoms with Gasteiger partial charge in [0.15, 0.2) is 5.78 Å². The standard InChI is InChI=1S/C26H27NO4/c1-3-30-26(29)23-17(2)27-20-13-9-14-21(28)25(20)24(23)19-12-7-8-15-22(19)31-16-18-10-5-4-6-11-18/h4-8,10-12,15,24,27H,3,9,13-14,16H2,1-2H3/t24-/m0/s1. The lowest BCUT2D eigenvalue weighted by molar-refractivity contribution is -0.138. The zero-order chi connectivity index (χ0) is 21.8. The predicted octanol–water partition coefficient (Wildman–Crippen LogP) is 4.80. The molecule has 0 saturated carbocycles. The van der Waals surface area contributed by atoms with Crippen molar-refractivity contribution in [2.24, 2.45) is 0 Å². The molecule has 1 aliphatic heterocycles. The molecule has 2 aliphatic rings. The fourth-order valence-electron chi connectivity index (χ4n) is 4.36. The maximum Gasteiger partial charge on any atom is 0.336 e. The van der Waals surface area contributed by atoms with Gasteiger partial charge in [0.2, 0.25) is 0 Å². The quantitative estimate of drug-likeness (QED) is 0.684. The van der Waals surface area contributed by atoms with E-state index in [0.29, 0.717) is 29.9 Å². The van der Waals surface area contributed by atoms with Crippen molar-refractivity contribution in [3.8, 4) is 5.75 Å². The second kappa shape index (κ2) is 9.21. The fraction of sp³-hybridized carbons (Fsp3) is 0.308. The van der Waals surface area contributed by atoms with E-state index in [1.807, 2.05) is 61.5 Å². The van der Waals surface area contributed by atoms with Crippen molar-refractivity contribution >= 4 is 11.8 Å². The summed E-state index contributed by atoms with van der Waals surface area (Å²) in [5.74, 6) is -0.167. The van der Waals surface area contributed by atoms with E-state index in [2.05, 4.69) is 5.32 Å². The third kappa shape index (κ3) is 4.26. The molecule has 0 bridgehead atoms. The van der Waals surface area contributed by atoms with Crippen LogP contribution < -0.4 is 10.1 Å². The van der Waals surface area contributed by atoms with Crippen molar-refractivity contribution in [1.29, 1.82) is 0 Å². The van der Waals surface area contributed by atoms with Gasteiger partial charge >= 0.3 is 5.97 Å². The van der Waals surface area contributed by atoms with Crippen LogP contribution in [0.15, 0.2) is 77.1 Å². The highest BCUT2D eigenvalue weighted by molar-refractivity contribution is 6.04. The van der Waals surface area contributed by atoms with Crippen molar-refractivity contribution < 1.29 is 19.1 Å². The van der Waals surface area contributed by atoms with Gasteiger partial charge in [-0.25, -0.2) is 4.79 Å². The topological polar surface area (TPSA) is 64.6 Å². The number of dihydropyridines is 1. The first-order valence-electron chi connectivity index (χ1n) is 10.8. The monoisotopic (exact) mass is 417 g/mol. The van der Waals surface area contributed by atoms with E-state index >= 15 is 0 Å². The van der Waals surface area contributed by atoms with Crippen LogP contribution in [0.4, 0.5) is 0 Å². The number of carbonyl (C=O) groups is 2. The molecule has 2 aromatic carbocycles. The molecule has 4 rings (SSSR count). The van der Waals surface area contributed by atoms with Crippen LogP contribution in [0.1, 0.15) is 50.2 Å². The maximum atomic E-state index is 13.0. The molecule has 0 saturated heterocycles. The lowest BCUT2D eigenvalue weighted by atomic mass is 9.75. The molecule has 1 heterocycles. The molecule has 0 fully saturated rings. The van der Waals surface area contributed by atoms with Gasteiger partial charge in [0.05, 0.1) is 18.1 Å². The van der Waals surface area contributed by atoms with Crippen LogP contribution in [0.3, 0.4) is 0 Å². The Hall–Kier alpha value is -3.34. The lowest BCUT2D eigenvalue weighted by Gasteiger charge is -2.34. The fourth-order valence-corrected chi connectivity index (χ4v) is 4.36. The Kier molecular flexibility index (Phi) is 6.21. The van der Waals surface area contributed by atoms with Crippen LogP contribution in [0.5, 0.6) is 5.75 Å². The molecule has 1 atom stereocenters. The zero-order valence-electron chi connectivity index (χ0n) is 17.9. The number of allylic oxidation sites excluding steroid dienone is 3. The van der Waals surface area contributed by atoms with Gasteiger partial charge in [-0.1, -0.05) is 48.5 Å². The molecule has 0 amide bonds. The zero-order valence-corrected chi connectivity index (χ0v) is 17.9. The van der Waals surface area contributed by atoms with E-state index in [0.717, 1.165) is 35.4 Å². The highest BCUT2D eigenvalue weighted by atomic mass is 16.5. The van der Waals surface area contributed by atoms with Crippen molar-refractivity contribution in [2.75, 3.05) is 6.61 Å². The van der Waals surface area contributed by atoms with E-state index < -0.39 is 11.9 Å². The number of rotatable bonds is 6. The number of nitrogens with one attached hydrogen (secondary N) is 1. The summed E-state index contributed by atoms with van der Waals surface area (Å²) in [4.78, 5) is 26.0. The van der Waals surface area contributed by atoms with Gasteiger partial charge in [-0.15, -0.1) is 0 Å². The van der Waals surface area contributed by atoms with Crippen molar-refractivity contribution in [3.05, 3.63) is 88.3 Å². The van der Waals surface area contributed by atoms with E-state index in [4.69, 9.17) is 9.47 Å². The Balaban J connectivity index is 1.78. The van der Waals surface area contributed by atoms with Crippen LogP contribution in [-0.2, 0) is 20.9 Å². The molecule has 0 unspecified atom stereocenters. The minimum Gasteiger partial charge on any atom is -0.489 e. The second-order valence-corrected chi connectivity index (χ2v) is 7.80. The number of ketones is 1. The number of hydrogen-bond donors (Lipinski definition) is 1. The molecular weight excluding hydrogens is 390 g/mol. The number of Topliss-reactive ketones (excluding diaryl/α,β-unsaturated/α-hetero) is 1. The SMILES string of the molecule is CCOC(=O)C1=C(C)NC2=C(C(=O)CCC2)[C@H]1c1ccccc1OCc1ccccc1. The first-order valence-corrected chi connectivity index (χ1v) is 10.8. The largest absolute Gasteiger partial charge is 0.489 e. The number of ether oxygens (including phenoxy) is 2.